The molecular weight excluding hydrogens is 158 g/mol. The molecule has 0 aliphatic heterocycles. The summed E-state index contributed by atoms with van der Waals surface area (Å²) in [5.74, 6) is 1.59. The number of hydrogen-bond acceptors (Lipinski definition) is 1. The lowest BCUT2D eigenvalue weighted by Crippen LogP contribution is -2.35. The Balaban J connectivity index is 0.000001000. The fourth-order valence-corrected chi connectivity index (χ4v) is 2.02. The van der Waals surface area contributed by atoms with Gasteiger partial charge in [-0.15, -0.1) is 12.4 Å². The van der Waals surface area contributed by atoms with Crippen molar-refractivity contribution in [3.63, 3.8) is 0 Å². The molecule has 2 heteroatoms. The molecule has 0 aromatic rings. The van der Waals surface area contributed by atoms with Gasteiger partial charge in [-0.3, -0.25) is 0 Å². The minimum atomic E-state index is 0. The second kappa shape index (κ2) is 5.00. The van der Waals surface area contributed by atoms with Crippen LogP contribution < -0.4 is 5.73 Å². The van der Waals surface area contributed by atoms with E-state index in [0.717, 1.165) is 11.8 Å². The van der Waals surface area contributed by atoms with Gasteiger partial charge in [0, 0.05) is 6.04 Å². The monoisotopic (exact) mass is 177 g/mol. The molecule has 0 unspecified atom stereocenters. The molecule has 1 saturated carbocycles. The molecule has 0 bridgehead atoms. The van der Waals surface area contributed by atoms with Crippen molar-refractivity contribution in [3.8, 4) is 0 Å². The zero-order valence-corrected chi connectivity index (χ0v) is 8.36. The van der Waals surface area contributed by atoms with Crippen LogP contribution in [0, 0.1) is 11.8 Å². The largest absolute Gasteiger partial charge is 0.327 e. The van der Waals surface area contributed by atoms with E-state index in [-0.39, 0.29) is 12.4 Å². The fourth-order valence-electron chi connectivity index (χ4n) is 2.02. The van der Waals surface area contributed by atoms with Gasteiger partial charge in [-0.25, -0.2) is 0 Å². The van der Waals surface area contributed by atoms with E-state index in [1.165, 1.54) is 25.7 Å². The molecule has 1 rings (SSSR count). The first-order valence-electron chi connectivity index (χ1n) is 4.47. The molecule has 0 amide bonds. The summed E-state index contributed by atoms with van der Waals surface area (Å²) >= 11 is 0. The lowest BCUT2D eigenvalue weighted by molar-refractivity contribution is 0.240. The molecule has 0 spiro atoms. The molecule has 1 aliphatic rings. The molecule has 0 aromatic carbocycles. The van der Waals surface area contributed by atoms with Crippen LogP contribution in [-0.2, 0) is 0 Å². The predicted molar refractivity (Wildman–Crippen MR) is 52.0 cm³/mol. The van der Waals surface area contributed by atoms with Crippen molar-refractivity contribution < 1.29 is 0 Å². The van der Waals surface area contributed by atoms with E-state index in [9.17, 15) is 0 Å². The van der Waals surface area contributed by atoms with Crippen LogP contribution in [0.15, 0.2) is 0 Å². The first-order chi connectivity index (χ1) is 4.72. The summed E-state index contributed by atoms with van der Waals surface area (Å²) < 4.78 is 0. The summed E-state index contributed by atoms with van der Waals surface area (Å²) in [7, 11) is 0. The van der Waals surface area contributed by atoms with Crippen LogP contribution in [0.3, 0.4) is 0 Å². The molecule has 11 heavy (non-hydrogen) atoms. The molecular formula is C9H20ClN. The molecule has 1 aliphatic carbocycles. The maximum Gasteiger partial charge on any atom is 0.00696 e. The smallest absolute Gasteiger partial charge is 0.00696 e. The molecule has 1 nitrogen and oxygen atoms in total. The van der Waals surface area contributed by atoms with E-state index in [0.29, 0.717) is 6.04 Å². The predicted octanol–water partition coefficient (Wildman–Crippen LogP) is 2.58. The standard InChI is InChI=1S/C9H19N.ClH/c1-7(2)8-5-3-4-6-9(8)10;/h7-9H,3-6,10H2,1-2H3;1H/t8-,9+;/m0./s1. The van der Waals surface area contributed by atoms with Gasteiger partial charge in [0.2, 0.25) is 0 Å². The molecule has 0 aromatic heterocycles. The van der Waals surface area contributed by atoms with Crippen LogP contribution in [0.1, 0.15) is 39.5 Å². The Labute approximate surface area is 76.1 Å². The Kier molecular flexibility index (Phi) is 5.11. The van der Waals surface area contributed by atoms with Gasteiger partial charge in [0.15, 0.2) is 0 Å². The van der Waals surface area contributed by atoms with Crippen molar-refractivity contribution in [1.82, 2.24) is 0 Å². The summed E-state index contributed by atoms with van der Waals surface area (Å²) in [6.07, 6.45) is 5.36. The summed E-state index contributed by atoms with van der Waals surface area (Å²) in [6, 6.07) is 0.494. The van der Waals surface area contributed by atoms with Gasteiger partial charge in [0.1, 0.15) is 0 Å². The topological polar surface area (TPSA) is 26.0 Å². The maximum atomic E-state index is 5.98. The van der Waals surface area contributed by atoms with Crippen LogP contribution in [0.25, 0.3) is 0 Å². The van der Waals surface area contributed by atoms with E-state index in [1.54, 1.807) is 0 Å². The quantitative estimate of drug-likeness (QED) is 0.655. The molecule has 0 radical (unpaired) electrons. The highest BCUT2D eigenvalue weighted by Gasteiger charge is 2.23. The van der Waals surface area contributed by atoms with E-state index >= 15 is 0 Å². The van der Waals surface area contributed by atoms with Crippen LogP contribution in [0.5, 0.6) is 0 Å². The van der Waals surface area contributed by atoms with Crippen molar-refractivity contribution in [2.75, 3.05) is 0 Å². The van der Waals surface area contributed by atoms with Crippen molar-refractivity contribution in [2.45, 2.75) is 45.6 Å². The zero-order chi connectivity index (χ0) is 7.56. The first kappa shape index (κ1) is 11.2. The highest BCUT2D eigenvalue weighted by atomic mass is 35.5. The van der Waals surface area contributed by atoms with Crippen LogP contribution in [0.2, 0.25) is 0 Å². The molecule has 1 fully saturated rings. The van der Waals surface area contributed by atoms with Crippen LogP contribution >= 0.6 is 12.4 Å². The Morgan fingerprint density at radius 3 is 2.09 bits per heavy atom. The second-order valence-corrected chi connectivity index (χ2v) is 3.86. The zero-order valence-electron chi connectivity index (χ0n) is 7.55. The highest BCUT2D eigenvalue weighted by Crippen LogP contribution is 2.28. The van der Waals surface area contributed by atoms with E-state index in [4.69, 9.17) is 5.73 Å². The molecule has 0 saturated heterocycles. The molecule has 68 valence electrons. The SMILES string of the molecule is CC(C)[C@@H]1CCCC[C@H]1N.Cl. The number of nitrogens with two attached hydrogens (primary N) is 1. The lowest BCUT2D eigenvalue weighted by Gasteiger charge is -2.31. The van der Waals surface area contributed by atoms with Crippen LogP contribution in [-0.4, -0.2) is 6.04 Å². The minimum absolute atomic E-state index is 0. The van der Waals surface area contributed by atoms with Gasteiger partial charge in [-0.05, 0) is 24.7 Å². The molecule has 2 N–H and O–H groups in total. The Morgan fingerprint density at radius 1 is 1.18 bits per heavy atom. The molecule has 0 heterocycles. The van der Waals surface area contributed by atoms with Crippen molar-refractivity contribution >= 4 is 12.4 Å². The van der Waals surface area contributed by atoms with Gasteiger partial charge < -0.3 is 5.73 Å². The third-order valence-corrected chi connectivity index (χ3v) is 2.73. The summed E-state index contributed by atoms with van der Waals surface area (Å²) in [6.45, 7) is 4.58. The van der Waals surface area contributed by atoms with Gasteiger partial charge in [0.05, 0.1) is 0 Å². The van der Waals surface area contributed by atoms with Gasteiger partial charge in [0.25, 0.3) is 0 Å². The Hall–Kier alpha value is 0.250. The highest BCUT2D eigenvalue weighted by molar-refractivity contribution is 5.85. The number of rotatable bonds is 1. The van der Waals surface area contributed by atoms with Gasteiger partial charge in [-0.1, -0.05) is 26.7 Å². The van der Waals surface area contributed by atoms with Crippen molar-refractivity contribution in [2.24, 2.45) is 17.6 Å². The number of hydrogen-bond donors (Lipinski definition) is 1. The fraction of sp³-hybridized carbons (Fsp3) is 1.00. The van der Waals surface area contributed by atoms with E-state index in [1.807, 2.05) is 0 Å². The minimum Gasteiger partial charge on any atom is -0.327 e. The van der Waals surface area contributed by atoms with Crippen molar-refractivity contribution in [3.05, 3.63) is 0 Å². The van der Waals surface area contributed by atoms with Gasteiger partial charge in [-0.2, -0.15) is 0 Å². The van der Waals surface area contributed by atoms with E-state index in [2.05, 4.69) is 13.8 Å². The second-order valence-electron chi connectivity index (χ2n) is 3.86. The lowest BCUT2D eigenvalue weighted by atomic mass is 9.78. The molecule has 2 atom stereocenters. The third-order valence-electron chi connectivity index (χ3n) is 2.73. The van der Waals surface area contributed by atoms with Gasteiger partial charge >= 0.3 is 0 Å². The van der Waals surface area contributed by atoms with E-state index < -0.39 is 0 Å². The average Bonchev–Trinajstić information content (AvgIpc) is 1.88. The average molecular weight is 178 g/mol. The Bertz CT molecular complexity index is 104. The van der Waals surface area contributed by atoms with Crippen LogP contribution in [0.4, 0.5) is 0 Å². The Morgan fingerprint density at radius 2 is 1.73 bits per heavy atom. The third kappa shape index (κ3) is 3.00. The van der Waals surface area contributed by atoms with Crippen molar-refractivity contribution in [1.29, 1.82) is 0 Å². The number of halogens is 1. The normalized spacial score (nSPS) is 31.6. The first-order valence-corrected chi connectivity index (χ1v) is 4.47. The summed E-state index contributed by atoms with van der Waals surface area (Å²) in [5.41, 5.74) is 5.98. The summed E-state index contributed by atoms with van der Waals surface area (Å²) in [4.78, 5) is 0. The maximum absolute atomic E-state index is 5.98. The summed E-state index contributed by atoms with van der Waals surface area (Å²) in [5, 5.41) is 0.